The molecule has 1 heterocycles. The molecule has 0 saturated heterocycles. The fourth-order valence-corrected chi connectivity index (χ4v) is 2.15. The highest BCUT2D eigenvalue weighted by Gasteiger charge is 2.16. The lowest BCUT2D eigenvalue weighted by Gasteiger charge is -2.15. The maximum Gasteiger partial charge on any atom is 0.231 e. The van der Waals surface area contributed by atoms with E-state index in [9.17, 15) is 5.11 Å². The summed E-state index contributed by atoms with van der Waals surface area (Å²) in [4.78, 5) is 0. The van der Waals surface area contributed by atoms with Gasteiger partial charge < -0.3 is 19.9 Å². The quantitative estimate of drug-likeness (QED) is 0.875. The number of fused-ring (bicyclic) bond motifs is 1. The average Bonchev–Trinajstić information content (AvgIpc) is 2.75. The third-order valence-corrected chi connectivity index (χ3v) is 3.72. The Bertz CT molecular complexity index is 423. The van der Waals surface area contributed by atoms with Crippen LogP contribution in [0.5, 0.6) is 11.5 Å². The van der Waals surface area contributed by atoms with Gasteiger partial charge in [-0.3, -0.25) is 0 Å². The van der Waals surface area contributed by atoms with E-state index in [0.717, 1.165) is 21.5 Å². The van der Waals surface area contributed by atoms with Gasteiger partial charge in [0, 0.05) is 17.6 Å². The molecule has 1 aromatic carbocycles. The van der Waals surface area contributed by atoms with Crippen molar-refractivity contribution < 1.29 is 14.6 Å². The zero-order valence-electron chi connectivity index (χ0n) is 10.6. The summed E-state index contributed by atoms with van der Waals surface area (Å²) in [5.41, 5.74) is 1.09. The molecule has 1 aromatic rings. The highest BCUT2D eigenvalue weighted by molar-refractivity contribution is 9.10. The Balaban J connectivity index is 1.94. The second-order valence-corrected chi connectivity index (χ2v) is 5.59. The number of hydrogen-bond acceptors (Lipinski definition) is 4. The summed E-state index contributed by atoms with van der Waals surface area (Å²) in [5.74, 6) is 1.81. The number of aliphatic hydroxyl groups is 1. The van der Waals surface area contributed by atoms with Crippen molar-refractivity contribution in [2.24, 2.45) is 5.92 Å². The Morgan fingerprint density at radius 1 is 1.33 bits per heavy atom. The largest absolute Gasteiger partial charge is 0.454 e. The highest BCUT2D eigenvalue weighted by atomic mass is 79.9. The predicted octanol–water partition coefficient (Wildman–Crippen LogP) is 2.28. The monoisotopic (exact) mass is 315 g/mol. The molecule has 4 nitrogen and oxygen atoms in total. The highest BCUT2D eigenvalue weighted by Crippen LogP contribution is 2.36. The van der Waals surface area contributed by atoms with E-state index in [1.54, 1.807) is 0 Å². The van der Waals surface area contributed by atoms with Crippen LogP contribution >= 0.6 is 15.9 Å². The Labute approximate surface area is 115 Å². The second-order valence-electron chi connectivity index (χ2n) is 4.74. The van der Waals surface area contributed by atoms with Gasteiger partial charge in [-0.25, -0.2) is 0 Å². The van der Waals surface area contributed by atoms with Gasteiger partial charge in [0.1, 0.15) is 0 Å². The van der Waals surface area contributed by atoms with Crippen molar-refractivity contribution in [3.8, 4) is 11.5 Å². The van der Waals surface area contributed by atoms with Crippen LogP contribution in [0.25, 0.3) is 0 Å². The number of ether oxygens (including phenoxy) is 2. The lowest BCUT2D eigenvalue weighted by molar-refractivity contribution is 0.123. The minimum atomic E-state index is -0.321. The molecule has 1 atom stereocenters. The Morgan fingerprint density at radius 3 is 2.67 bits per heavy atom. The summed E-state index contributed by atoms with van der Waals surface area (Å²) in [6.07, 6.45) is -0.321. The Hall–Kier alpha value is -0.780. The lowest BCUT2D eigenvalue weighted by atomic mass is 10.1. The molecule has 18 heavy (non-hydrogen) atoms. The van der Waals surface area contributed by atoms with Crippen LogP contribution in [-0.4, -0.2) is 24.5 Å². The van der Waals surface area contributed by atoms with Crippen molar-refractivity contribution in [2.75, 3.05) is 13.3 Å². The van der Waals surface area contributed by atoms with E-state index in [1.165, 1.54) is 0 Å². The topological polar surface area (TPSA) is 50.7 Å². The van der Waals surface area contributed by atoms with Gasteiger partial charge in [-0.2, -0.15) is 0 Å². The van der Waals surface area contributed by atoms with E-state index >= 15 is 0 Å². The Morgan fingerprint density at radius 2 is 2.00 bits per heavy atom. The molecule has 0 radical (unpaired) electrons. The van der Waals surface area contributed by atoms with Crippen LogP contribution < -0.4 is 14.8 Å². The van der Waals surface area contributed by atoms with Crippen LogP contribution in [0.4, 0.5) is 0 Å². The summed E-state index contributed by atoms with van der Waals surface area (Å²) in [5, 5.41) is 12.9. The van der Waals surface area contributed by atoms with Gasteiger partial charge in [-0.05, 0) is 23.6 Å². The Kier molecular flexibility index (Phi) is 4.48. The van der Waals surface area contributed by atoms with E-state index in [1.807, 2.05) is 26.0 Å². The molecular formula is C13H18BrNO3. The van der Waals surface area contributed by atoms with Gasteiger partial charge in [0.05, 0.1) is 6.10 Å². The zero-order valence-corrected chi connectivity index (χ0v) is 12.2. The summed E-state index contributed by atoms with van der Waals surface area (Å²) < 4.78 is 11.6. The molecule has 100 valence electrons. The maximum atomic E-state index is 9.71. The molecule has 0 saturated carbocycles. The lowest BCUT2D eigenvalue weighted by Crippen LogP contribution is -2.30. The van der Waals surface area contributed by atoms with E-state index < -0.39 is 0 Å². The molecule has 2 rings (SSSR count). The van der Waals surface area contributed by atoms with Crippen LogP contribution in [0.3, 0.4) is 0 Å². The van der Waals surface area contributed by atoms with Gasteiger partial charge >= 0.3 is 0 Å². The second kappa shape index (κ2) is 5.91. The van der Waals surface area contributed by atoms with E-state index in [4.69, 9.17) is 9.47 Å². The molecule has 0 aliphatic carbocycles. The first-order valence-electron chi connectivity index (χ1n) is 6.04. The molecule has 0 bridgehead atoms. The smallest absolute Gasteiger partial charge is 0.231 e. The minimum absolute atomic E-state index is 0.262. The van der Waals surface area contributed by atoms with Gasteiger partial charge in [-0.15, -0.1) is 0 Å². The minimum Gasteiger partial charge on any atom is -0.454 e. The fraction of sp³-hybridized carbons (Fsp3) is 0.538. The number of hydrogen-bond donors (Lipinski definition) is 2. The predicted molar refractivity (Wildman–Crippen MR) is 72.8 cm³/mol. The van der Waals surface area contributed by atoms with Crippen molar-refractivity contribution in [1.29, 1.82) is 0 Å². The van der Waals surface area contributed by atoms with E-state index in [0.29, 0.717) is 13.1 Å². The first kappa shape index (κ1) is 13.6. The molecular weight excluding hydrogens is 298 g/mol. The summed E-state index contributed by atoms with van der Waals surface area (Å²) in [6.45, 7) is 5.55. The first-order valence-corrected chi connectivity index (χ1v) is 6.84. The molecule has 0 amide bonds. The molecule has 0 fully saturated rings. The van der Waals surface area contributed by atoms with Gasteiger partial charge in [0.25, 0.3) is 0 Å². The first-order chi connectivity index (χ1) is 8.58. The average molecular weight is 316 g/mol. The SMILES string of the molecule is CC(C)C(O)CNCc1cc2c(cc1Br)OCO2. The summed E-state index contributed by atoms with van der Waals surface area (Å²) in [7, 11) is 0. The number of rotatable bonds is 5. The van der Waals surface area contributed by atoms with Crippen LogP contribution in [0.15, 0.2) is 16.6 Å². The number of nitrogens with one attached hydrogen (secondary N) is 1. The molecule has 0 aromatic heterocycles. The van der Waals surface area contributed by atoms with Crippen LogP contribution in [0, 0.1) is 5.92 Å². The van der Waals surface area contributed by atoms with Crippen molar-refractivity contribution in [1.82, 2.24) is 5.32 Å². The van der Waals surface area contributed by atoms with Crippen LogP contribution in [0.1, 0.15) is 19.4 Å². The number of benzene rings is 1. The van der Waals surface area contributed by atoms with Crippen LogP contribution in [0.2, 0.25) is 0 Å². The van der Waals surface area contributed by atoms with Crippen molar-refractivity contribution in [2.45, 2.75) is 26.5 Å². The zero-order chi connectivity index (χ0) is 13.1. The normalized spacial score (nSPS) is 15.2. The van der Waals surface area contributed by atoms with E-state index in [-0.39, 0.29) is 18.8 Å². The fourth-order valence-electron chi connectivity index (χ4n) is 1.69. The van der Waals surface area contributed by atoms with E-state index in [2.05, 4.69) is 21.2 Å². The van der Waals surface area contributed by atoms with Gasteiger partial charge in [0.2, 0.25) is 6.79 Å². The standard InChI is InChI=1S/C13H18BrNO3/c1-8(2)11(16)6-15-5-9-3-12-13(4-10(9)14)18-7-17-12/h3-4,8,11,15-16H,5-7H2,1-2H3. The molecule has 1 aliphatic rings. The third-order valence-electron chi connectivity index (χ3n) is 2.98. The third kappa shape index (κ3) is 3.16. The number of halogens is 1. The molecule has 2 N–H and O–H groups in total. The molecule has 1 aliphatic heterocycles. The summed E-state index contributed by atoms with van der Waals surface area (Å²) in [6, 6.07) is 3.87. The molecule has 1 unspecified atom stereocenters. The van der Waals surface area contributed by atoms with Gasteiger partial charge in [0.15, 0.2) is 11.5 Å². The summed E-state index contributed by atoms with van der Waals surface area (Å²) >= 11 is 3.51. The maximum absolute atomic E-state index is 9.71. The van der Waals surface area contributed by atoms with Crippen molar-refractivity contribution >= 4 is 15.9 Å². The molecule has 0 spiro atoms. The van der Waals surface area contributed by atoms with Crippen molar-refractivity contribution in [3.05, 3.63) is 22.2 Å². The molecule has 5 heteroatoms. The van der Waals surface area contributed by atoms with Gasteiger partial charge in [-0.1, -0.05) is 29.8 Å². The van der Waals surface area contributed by atoms with Crippen LogP contribution in [-0.2, 0) is 6.54 Å². The van der Waals surface area contributed by atoms with Crippen molar-refractivity contribution in [3.63, 3.8) is 0 Å². The number of aliphatic hydroxyl groups excluding tert-OH is 1.